The molecule has 0 radical (unpaired) electrons. The summed E-state index contributed by atoms with van der Waals surface area (Å²) in [6.45, 7) is 11.4. The largest absolute Gasteiger partial charge is 0.312 e. The zero-order chi connectivity index (χ0) is 13.9. The van der Waals surface area contributed by atoms with Gasteiger partial charge in [0.05, 0.1) is 0 Å². The molecule has 2 nitrogen and oxygen atoms in total. The van der Waals surface area contributed by atoms with Crippen molar-refractivity contribution in [1.82, 2.24) is 10.2 Å². The third-order valence-corrected chi connectivity index (χ3v) is 4.36. The summed E-state index contributed by atoms with van der Waals surface area (Å²) in [6.07, 6.45) is 2.62. The van der Waals surface area contributed by atoms with Crippen LogP contribution < -0.4 is 5.32 Å². The molecule has 106 valence electrons. The van der Waals surface area contributed by atoms with E-state index < -0.39 is 0 Å². The summed E-state index contributed by atoms with van der Waals surface area (Å²) >= 11 is 0. The van der Waals surface area contributed by atoms with Crippen molar-refractivity contribution in [3.63, 3.8) is 0 Å². The SMILES string of the molecule is Cc1cc(C)cc(CNCC2(C)CCN(C)CC2)c1. The molecule has 0 unspecified atom stereocenters. The Kier molecular flexibility index (Phi) is 4.64. The maximum Gasteiger partial charge on any atom is 0.0205 e. The predicted octanol–water partition coefficient (Wildman–Crippen LogP) is 3.12. The molecule has 1 heterocycles. The summed E-state index contributed by atoms with van der Waals surface area (Å²) in [7, 11) is 2.22. The third-order valence-electron chi connectivity index (χ3n) is 4.36. The van der Waals surface area contributed by atoms with Gasteiger partial charge in [-0.25, -0.2) is 0 Å². The second-order valence-electron chi connectivity index (χ2n) is 6.71. The summed E-state index contributed by atoms with van der Waals surface area (Å²) in [5, 5.41) is 3.66. The van der Waals surface area contributed by atoms with Crippen LogP contribution in [-0.4, -0.2) is 31.6 Å². The van der Waals surface area contributed by atoms with E-state index in [4.69, 9.17) is 0 Å². The number of rotatable bonds is 4. The molecule has 1 aromatic carbocycles. The van der Waals surface area contributed by atoms with Crippen molar-refractivity contribution in [2.75, 3.05) is 26.7 Å². The average molecular weight is 260 g/mol. The maximum absolute atomic E-state index is 3.66. The molecule has 2 heteroatoms. The lowest BCUT2D eigenvalue weighted by Gasteiger charge is -2.38. The van der Waals surface area contributed by atoms with Crippen LogP contribution in [-0.2, 0) is 6.54 Å². The van der Waals surface area contributed by atoms with E-state index in [0.717, 1.165) is 13.1 Å². The van der Waals surface area contributed by atoms with Gasteiger partial charge < -0.3 is 10.2 Å². The molecule has 1 aromatic rings. The Balaban J connectivity index is 1.83. The molecule has 0 aromatic heterocycles. The molecule has 1 aliphatic rings. The van der Waals surface area contributed by atoms with E-state index in [2.05, 4.69) is 56.2 Å². The smallest absolute Gasteiger partial charge is 0.0205 e. The van der Waals surface area contributed by atoms with Gasteiger partial charge in [0, 0.05) is 13.1 Å². The van der Waals surface area contributed by atoms with E-state index in [9.17, 15) is 0 Å². The molecule has 2 rings (SSSR count). The van der Waals surface area contributed by atoms with E-state index in [1.54, 1.807) is 0 Å². The van der Waals surface area contributed by atoms with Crippen LogP contribution in [0.1, 0.15) is 36.5 Å². The number of hydrogen-bond donors (Lipinski definition) is 1. The van der Waals surface area contributed by atoms with Crippen molar-refractivity contribution in [3.05, 3.63) is 34.9 Å². The van der Waals surface area contributed by atoms with E-state index in [0.29, 0.717) is 5.41 Å². The molecule has 0 atom stereocenters. The number of hydrogen-bond acceptors (Lipinski definition) is 2. The Bertz CT molecular complexity index is 397. The number of benzene rings is 1. The first-order valence-corrected chi connectivity index (χ1v) is 7.43. The normalized spacial score (nSPS) is 19.6. The number of piperidine rings is 1. The fourth-order valence-electron chi connectivity index (χ4n) is 3.01. The zero-order valence-electron chi connectivity index (χ0n) is 12.9. The second kappa shape index (κ2) is 6.06. The minimum atomic E-state index is 0.478. The first kappa shape index (κ1) is 14.5. The molecule has 1 aliphatic heterocycles. The molecule has 1 N–H and O–H groups in total. The number of likely N-dealkylation sites (tertiary alicyclic amines) is 1. The molecule has 19 heavy (non-hydrogen) atoms. The van der Waals surface area contributed by atoms with E-state index in [1.807, 2.05) is 0 Å². The average Bonchev–Trinajstić information content (AvgIpc) is 2.32. The summed E-state index contributed by atoms with van der Waals surface area (Å²) in [5.41, 5.74) is 4.62. The highest BCUT2D eigenvalue weighted by atomic mass is 15.1. The van der Waals surface area contributed by atoms with Crippen LogP contribution in [0.4, 0.5) is 0 Å². The molecule has 0 saturated carbocycles. The number of nitrogens with one attached hydrogen (secondary N) is 1. The standard InChI is InChI=1S/C17H28N2/c1-14-9-15(2)11-16(10-14)12-18-13-17(3)5-7-19(4)8-6-17/h9-11,18H,5-8,12-13H2,1-4H3. The summed E-state index contributed by atoms with van der Waals surface area (Å²) in [5.74, 6) is 0. The molecular weight excluding hydrogens is 232 g/mol. The number of nitrogens with zero attached hydrogens (tertiary/aromatic N) is 1. The summed E-state index contributed by atoms with van der Waals surface area (Å²) in [6, 6.07) is 6.82. The van der Waals surface area contributed by atoms with Gasteiger partial charge in [-0.2, -0.15) is 0 Å². The molecule has 0 aliphatic carbocycles. The van der Waals surface area contributed by atoms with Gasteiger partial charge in [0.2, 0.25) is 0 Å². The fraction of sp³-hybridized carbons (Fsp3) is 0.647. The van der Waals surface area contributed by atoms with Crippen molar-refractivity contribution in [2.24, 2.45) is 5.41 Å². The predicted molar refractivity (Wildman–Crippen MR) is 82.5 cm³/mol. The summed E-state index contributed by atoms with van der Waals surface area (Å²) < 4.78 is 0. The lowest BCUT2D eigenvalue weighted by Crippen LogP contribution is -2.41. The van der Waals surface area contributed by atoms with Crippen molar-refractivity contribution < 1.29 is 0 Å². The fourth-order valence-corrected chi connectivity index (χ4v) is 3.01. The van der Waals surface area contributed by atoms with E-state index >= 15 is 0 Å². The minimum absolute atomic E-state index is 0.478. The highest BCUT2D eigenvalue weighted by molar-refractivity contribution is 5.28. The first-order chi connectivity index (χ1) is 8.97. The lowest BCUT2D eigenvalue weighted by molar-refractivity contribution is 0.137. The van der Waals surface area contributed by atoms with Crippen LogP contribution in [0.5, 0.6) is 0 Å². The molecule has 0 bridgehead atoms. The van der Waals surface area contributed by atoms with Crippen molar-refractivity contribution in [2.45, 2.75) is 40.2 Å². The number of aryl methyl sites for hydroxylation is 2. The monoisotopic (exact) mass is 260 g/mol. The van der Waals surface area contributed by atoms with Crippen molar-refractivity contribution in [3.8, 4) is 0 Å². The van der Waals surface area contributed by atoms with Crippen molar-refractivity contribution in [1.29, 1.82) is 0 Å². The Hall–Kier alpha value is -0.860. The van der Waals surface area contributed by atoms with Gasteiger partial charge in [-0.1, -0.05) is 36.2 Å². The van der Waals surface area contributed by atoms with Gasteiger partial charge >= 0.3 is 0 Å². The highest BCUT2D eigenvalue weighted by Crippen LogP contribution is 2.29. The third kappa shape index (κ3) is 4.32. The van der Waals surface area contributed by atoms with E-state index in [-0.39, 0.29) is 0 Å². The van der Waals surface area contributed by atoms with Gasteiger partial charge in [-0.3, -0.25) is 0 Å². The molecule has 1 fully saturated rings. The maximum atomic E-state index is 3.66. The topological polar surface area (TPSA) is 15.3 Å². The zero-order valence-corrected chi connectivity index (χ0v) is 12.9. The summed E-state index contributed by atoms with van der Waals surface area (Å²) in [4.78, 5) is 2.44. The first-order valence-electron chi connectivity index (χ1n) is 7.43. The van der Waals surface area contributed by atoms with Gasteiger partial charge in [0.15, 0.2) is 0 Å². The molecule has 0 amide bonds. The van der Waals surface area contributed by atoms with Gasteiger partial charge in [-0.05, 0) is 57.8 Å². The highest BCUT2D eigenvalue weighted by Gasteiger charge is 2.28. The Morgan fingerprint density at radius 3 is 2.26 bits per heavy atom. The molecule has 0 spiro atoms. The second-order valence-corrected chi connectivity index (χ2v) is 6.71. The van der Waals surface area contributed by atoms with Crippen LogP contribution >= 0.6 is 0 Å². The van der Waals surface area contributed by atoms with Crippen molar-refractivity contribution >= 4 is 0 Å². The van der Waals surface area contributed by atoms with Gasteiger partial charge in [-0.15, -0.1) is 0 Å². The van der Waals surface area contributed by atoms with Crippen LogP contribution in [0.15, 0.2) is 18.2 Å². The molecule has 1 saturated heterocycles. The van der Waals surface area contributed by atoms with Crippen LogP contribution in [0.3, 0.4) is 0 Å². The van der Waals surface area contributed by atoms with Gasteiger partial charge in [0.25, 0.3) is 0 Å². The molecular formula is C17H28N2. The van der Waals surface area contributed by atoms with Gasteiger partial charge in [0.1, 0.15) is 0 Å². The Labute approximate surface area is 118 Å². The Morgan fingerprint density at radius 2 is 1.68 bits per heavy atom. The minimum Gasteiger partial charge on any atom is -0.312 e. The van der Waals surface area contributed by atoms with E-state index in [1.165, 1.54) is 42.6 Å². The quantitative estimate of drug-likeness (QED) is 0.895. The van der Waals surface area contributed by atoms with Crippen LogP contribution in [0.2, 0.25) is 0 Å². The Morgan fingerprint density at radius 1 is 1.11 bits per heavy atom. The van der Waals surface area contributed by atoms with Crippen LogP contribution in [0, 0.1) is 19.3 Å². The lowest BCUT2D eigenvalue weighted by atomic mass is 9.80. The van der Waals surface area contributed by atoms with Crippen LogP contribution in [0.25, 0.3) is 0 Å².